The average molecular weight is 264 g/mol. The highest BCUT2D eigenvalue weighted by atomic mass is 16.5. The molecule has 1 amide bonds. The Morgan fingerprint density at radius 1 is 1.32 bits per heavy atom. The first kappa shape index (κ1) is 11.9. The van der Waals surface area contributed by atoms with Gasteiger partial charge in [0.2, 0.25) is 5.91 Å². The molecule has 1 fully saturated rings. The number of nitrogens with zero attached hydrogens (tertiary/aromatic N) is 1. The number of carbonyl (C=O) groups excluding carboxylic acids is 1. The van der Waals surface area contributed by atoms with E-state index in [0.717, 1.165) is 0 Å². The lowest BCUT2D eigenvalue weighted by molar-refractivity contribution is -0.145. The third-order valence-electron chi connectivity index (χ3n) is 3.37. The third kappa shape index (κ3) is 1.91. The van der Waals surface area contributed by atoms with Gasteiger partial charge < -0.3 is 19.7 Å². The molecule has 7 nitrogen and oxygen atoms in total. The van der Waals surface area contributed by atoms with Crippen LogP contribution in [0.15, 0.2) is 22.7 Å². The zero-order valence-electron chi connectivity index (χ0n) is 10.1. The van der Waals surface area contributed by atoms with Gasteiger partial charge in [0.25, 0.3) is 0 Å². The standard InChI is InChI=1S/C12H12N2O5/c1-5-4-8(14-19-5)13-11(15)9-6-2-3-7(18-6)10(9)12(16)17/h2-4,6-7,9-10H,1H3,(H,16,17)(H,13,14,15). The maximum Gasteiger partial charge on any atom is 0.310 e. The number of rotatable bonds is 3. The Morgan fingerprint density at radius 2 is 2.00 bits per heavy atom. The number of hydrogen-bond acceptors (Lipinski definition) is 5. The number of carboxylic acids is 1. The quantitative estimate of drug-likeness (QED) is 0.774. The fourth-order valence-corrected chi connectivity index (χ4v) is 2.55. The van der Waals surface area contributed by atoms with Gasteiger partial charge in [-0.05, 0) is 6.92 Å². The Kier molecular flexibility index (Phi) is 2.63. The van der Waals surface area contributed by atoms with Crippen molar-refractivity contribution in [3.8, 4) is 0 Å². The van der Waals surface area contributed by atoms with Gasteiger partial charge in [-0.2, -0.15) is 0 Å². The summed E-state index contributed by atoms with van der Waals surface area (Å²) in [7, 11) is 0. The number of carbonyl (C=O) groups is 2. The molecule has 2 aliphatic heterocycles. The molecule has 4 atom stereocenters. The smallest absolute Gasteiger partial charge is 0.310 e. The first-order valence-electron chi connectivity index (χ1n) is 5.87. The van der Waals surface area contributed by atoms with Gasteiger partial charge in [-0.25, -0.2) is 0 Å². The minimum atomic E-state index is -1.03. The molecule has 2 aliphatic rings. The maximum absolute atomic E-state index is 12.2. The molecule has 0 aromatic carbocycles. The summed E-state index contributed by atoms with van der Waals surface area (Å²) in [6, 6.07) is 1.57. The Balaban J connectivity index is 1.79. The molecule has 3 heterocycles. The summed E-state index contributed by atoms with van der Waals surface area (Å²) in [5.74, 6) is -2.22. The highest BCUT2D eigenvalue weighted by molar-refractivity contribution is 5.96. The molecule has 1 aromatic heterocycles. The number of ether oxygens (including phenoxy) is 1. The van der Waals surface area contributed by atoms with E-state index in [-0.39, 0.29) is 5.82 Å². The number of anilines is 1. The number of aliphatic carboxylic acids is 1. The maximum atomic E-state index is 12.2. The van der Waals surface area contributed by atoms with E-state index in [2.05, 4.69) is 10.5 Å². The van der Waals surface area contributed by atoms with Crippen LogP contribution in [0, 0.1) is 18.8 Å². The molecular weight excluding hydrogens is 252 g/mol. The molecule has 2 N–H and O–H groups in total. The Morgan fingerprint density at radius 3 is 2.58 bits per heavy atom. The number of aromatic nitrogens is 1. The molecule has 7 heteroatoms. The van der Waals surface area contributed by atoms with Gasteiger partial charge in [-0.1, -0.05) is 17.3 Å². The van der Waals surface area contributed by atoms with E-state index in [1.54, 1.807) is 25.1 Å². The van der Waals surface area contributed by atoms with Crippen molar-refractivity contribution in [3.63, 3.8) is 0 Å². The van der Waals surface area contributed by atoms with Crippen LogP contribution in [0.5, 0.6) is 0 Å². The molecule has 19 heavy (non-hydrogen) atoms. The lowest BCUT2D eigenvalue weighted by Gasteiger charge is -2.20. The molecule has 3 rings (SSSR count). The number of amides is 1. The zero-order valence-corrected chi connectivity index (χ0v) is 10.1. The molecule has 0 saturated carbocycles. The molecule has 100 valence electrons. The van der Waals surface area contributed by atoms with Crippen LogP contribution in [0.25, 0.3) is 0 Å². The molecular formula is C12H12N2O5. The second kappa shape index (κ2) is 4.20. The predicted octanol–water partition coefficient (Wildman–Crippen LogP) is 0.576. The topological polar surface area (TPSA) is 102 Å². The van der Waals surface area contributed by atoms with Crippen LogP contribution in [-0.4, -0.2) is 34.3 Å². The Labute approximate surface area is 108 Å². The largest absolute Gasteiger partial charge is 0.481 e. The van der Waals surface area contributed by atoms with Gasteiger partial charge >= 0.3 is 5.97 Å². The molecule has 2 bridgehead atoms. The highest BCUT2D eigenvalue weighted by Gasteiger charge is 2.53. The van der Waals surface area contributed by atoms with E-state index >= 15 is 0 Å². The SMILES string of the molecule is Cc1cc(NC(=O)C2C3C=CC(O3)C2C(=O)O)no1. The van der Waals surface area contributed by atoms with E-state index in [1.165, 1.54) is 0 Å². The van der Waals surface area contributed by atoms with Crippen molar-refractivity contribution in [2.45, 2.75) is 19.1 Å². The van der Waals surface area contributed by atoms with Crippen LogP contribution in [0.3, 0.4) is 0 Å². The monoisotopic (exact) mass is 264 g/mol. The summed E-state index contributed by atoms with van der Waals surface area (Å²) < 4.78 is 10.3. The summed E-state index contributed by atoms with van der Waals surface area (Å²) in [4.78, 5) is 23.4. The zero-order chi connectivity index (χ0) is 13.6. The highest BCUT2D eigenvalue weighted by Crippen LogP contribution is 2.39. The van der Waals surface area contributed by atoms with Crippen LogP contribution in [-0.2, 0) is 14.3 Å². The molecule has 0 spiro atoms. The van der Waals surface area contributed by atoms with Crippen molar-refractivity contribution in [2.24, 2.45) is 11.8 Å². The van der Waals surface area contributed by atoms with Crippen molar-refractivity contribution in [3.05, 3.63) is 24.0 Å². The number of aryl methyl sites for hydroxylation is 1. The van der Waals surface area contributed by atoms with Gasteiger partial charge in [0, 0.05) is 6.07 Å². The van der Waals surface area contributed by atoms with Crippen LogP contribution < -0.4 is 5.32 Å². The van der Waals surface area contributed by atoms with Gasteiger partial charge in [0.05, 0.1) is 18.1 Å². The normalized spacial score (nSPS) is 31.6. The third-order valence-corrected chi connectivity index (χ3v) is 3.37. The number of hydrogen-bond donors (Lipinski definition) is 2. The molecule has 1 aromatic rings. The molecule has 0 radical (unpaired) electrons. The lowest BCUT2D eigenvalue weighted by atomic mass is 9.82. The lowest BCUT2D eigenvalue weighted by Crippen LogP contribution is -2.39. The van der Waals surface area contributed by atoms with Gasteiger partial charge in [0.15, 0.2) is 5.82 Å². The van der Waals surface area contributed by atoms with Crippen molar-refractivity contribution in [1.29, 1.82) is 0 Å². The second-order valence-electron chi connectivity index (χ2n) is 4.65. The number of fused-ring (bicyclic) bond motifs is 2. The van der Waals surface area contributed by atoms with Crippen LogP contribution in [0.4, 0.5) is 5.82 Å². The average Bonchev–Trinajstić information content (AvgIpc) is 3.03. The van der Waals surface area contributed by atoms with Crippen LogP contribution >= 0.6 is 0 Å². The summed E-state index contributed by atoms with van der Waals surface area (Å²) in [6.07, 6.45) is 2.40. The van der Waals surface area contributed by atoms with E-state index in [9.17, 15) is 14.7 Å². The van der Waals surface area contributed by atoms with E-state index in [1.807, 2.05) is 0 Å². The summed E-state index contributed by atoms with van der Waals surface area (Å²) >= 11 is 0. The Bertz CT molecular complexity index is 564. The summed E-state index contributed by atoms with van der Waals surface area (Å²) in [5, 5.41) is 15.4. The van der Waals surface area contributed by atoms with Gasteiger partial charge in [-0.15, -0.1) is 0 Å². The Hall–Kier alpha value is -2.15. The van der Waals surface area contributed by atoms with E-state index in [4.69, 9.17) is 9.26 Å². The van der Waals surface area contributed by atoms with Crippen LogP contribution in [0.2, 0.25) is 0 Å². The molecule has 4 unspecified atom stereocenters. The number of nitrogens with one attached hydrogen (secondary N) is 1. The summed E-state index contributed by atoms with van der Waals surface area (Å²) in [6.45, 7) is 1.70. The summed E-state index contributed by atoms with van der Waals surface area (Å²) in [5.41, 5.74) is 0. The second-order valence-corrected chi connectivity index (χ2v) is 4.65. The van der Waals surface area contributed by atoms with Crippen molar-refractivity contribution < 1.29 is 24.0 Å². The van der Waals surface area contributed by atoms with Crippen molar-refractivity contribution >= 4 is 17.7 Å². The van der Waals surface area contributed by atoms with Crippen molar-refractivity contribution in [2.75, 3.05) is 5.32 Å². The number of carboxylic acid groups (broad SMARTS) is 1. The fraction of sp³-hybridized carbons (Fsp3) is 0.417. The minimum absolute atomic E-state index is 0.276. The predicted molar refractivity (Wildman–Crippen MR) is 62.3 cm³/mol. The first-order valence-corrected chi connectivity index (χ1v) is 5.87. The van der Waals surface area contributed by atoms with Crippen LogP contribution in [0.1, 0.15) is 5.76 Å². The molecule has 1 saturated heterocycles. The van der Waals surface area contributed by atoms with E-state index in [0.29, 0.717) is 5.76 Å². The van der Waals surface area contributed by atoms with Crippen molar-refractivity contribution in [1.82, 2.24) is 5.16 Å². The van der Waals surface area contributed by atoms with Gasteiger partial charge in [-0.3, -0.25) is 9.59 Å². The van der Waals surface area contributed by atoms with Gasteiger partial charge in [0.1, 0.15) is 11.7 Å². The molecule has 0 aliphatic carbocycles. The first-order chi connectivity index (χ1) is 9.06. The minimum Gasteiger partial charge on any atom is -0.481 e. The fourth-order valence-electron chi connectivity index (χ4n) is 2.55. The van der Waals surface area contributed by atoms with E-state index < -0.39 is 35.9 Å².